The Kier molecular flexibility index (Phi) is 2.08. The molecule has 0 radical (unpaired) electrons. The lowest BCUT2D eigenvalue weighted by Crippen LogP contribution is -2.04. The molecule has 16 heavy (non-hydrogen) atoms. The van der Waals surface area contributed by atoms with Gasteiger partial charge in [0.15, 0.2) is 6.29 Å². The van der Waals surface area contributed by atoms with Gasteiger partial charge in [-0.25, -0.2) is 4.68 Å². The highest BCUT2D eigenvalue weighted by Crippen LogP contribution is 2.23. The number of carbonyl (C=O) groups is 1. The lowest BCUT2D eigenvalue weighted by Gasteiger charge is -2.07. The van der Waals surface area contributed by atoms with Crippen molar-refractivity contribution in [2.24, 2.45) is 0 Å². The van der Waals surface area contributed by atoms with E-state index in [1.54, 1.807) is 16.9 Å². The number of para-hydroxylation sites is 1. The Labute approximate surface area is 92.5 Å². The molecule has 0 aliphatic carbocycles. The van der Waals surface area contributed by atoms with E-state index in [0.29, 0.717) is 18.8 Å². The molecule has 0 unspecified atom stereocenters. The van der Waals surface area contributed by atoms with E-state index in [9.17, 15) is 4.79 Å². The molecule has 0 spiro atoms. The highest BCUT2D eigenvalue weighted by atomic mass is 16.5. The van der Waals surface area contributed by atoms with Crippen molar-refractivity contribution in [2.75, 3.05) is 0 Å². The predicted octanol–water partition coefficient (Wildman–Crippen LogP) is 1.72. The Bertz CT molecular complexity index is 546. The van der Waals surface area contributed by atoms with Gasteiger partial charge in [-0.05, 0) is 12.1 Å². The summed E-state index contributed by atoms with van der Waals surface area (Å²) in [4.78, 5) is 11.0. The van der Waals surface area contributed by atoms with Crippen molar-refractivity contribution >= 4 is 6.29 Å². The van der Waals surface area contributed by atoms with Crippen LogP contribution in [0.25, 0.3) is 5.69 Å². The molecule has 1 aromatic heterocycles. The molecule has 80 valence electrons. The second kappa shape index (κ2) is 3.57. The van der Waals surface area contributed by atoms with Gasteiger partial charge in [0.2, 0.25) is 0 Å². The minimum Gasteiger partial charge on any atom is -0.370 e. The summed E-state index contributed by atoms with van der Waals surface area (Å²) in [6, 6.07) is 7.40. The number of hydrogen-bond donors (Lipinski definition) is 0. The summed E-state index contributed by atoms with van der Waals surface area (Å²) in [5.41, 5.74) is 3.58. The van der Waals surface area contributed by atoms with E-state index in [2.05, 4.69) is 5.10 Å². The van der Waals surface area contributed by atoms with Crippen LogP contribution >= 0.6 is 0 Å². The lowest BCUT2D eigenvalue weighted by atomic mass is 10.2. The third-order valence-electron chi connectivity index (χ3n) is 2.74. The Morgan fingerprint density at radius 2 is 2.19 bits per heavy atom. The Morgan fingerprint density at radius 3 is 3.06 bits per heavy atom. The van der Waals surface area contributed by atoms with Gasteiger partial charge in [0.25, 0.3) is 0 Å². The van der Waals surface area contributed by atoms with E-state index >= 15 is 0 Å². The summed E-state index contributed by atoms with van der Waals surface area (Å²) in [6.07, 6.45) is 2.64. The maximum Gasteiger partial charge on any atom is 0.152 e. The molecule has 1 aliphatic rings. The molecule has 4 nitrogen and oxygen atoms in total. The molecule has 0 atom stereocenters. The average Bonchev–Trinajstić information content (AvgIpc) is 2.91. The fraction of sp³-hybridized carbons (Fsp3) is 0.167. The van der Waals surface area contributed by atoms with Gasteiger partial charge >= 0.3 is 0 Å². The highest BCUT2D eigenvalue weighted by molar-refractivity contribution is 5.80. The number of hydrogen-bond acceptors (Lipinski definition) is 3. The van der Waals surface area contributed by atoms with Gasteiger partial charge in [-0.2, -0.15) is 5.10 Å². The number of benzene rings is 1. The zero-order valence-electron chi connectivity index (χ0n) is 8.59. The molecular weight excluding hydrogens is 204 g/mol. The van der Waals surface area contributed by atoms with E-state index in [1.165, 1.54) is 0 Å². The van der Waals surface area contributed by atoms with Crippen LogP contribution in [0.1, 0.15) is 21.6 Å². The van der Waals surface area contributed by atoms with Crippen molar-refractivity contribution in [1.82, 2.24) is 9.78 Å². The molecule has 0 saturated heterocycles. The minimum absolute atomic E-state index is 0.558. The monoisotopic (exact) mass is 214 g/mol. The topological polar surface area (TPSA) is 44.1 Å². The van der Waals surface area contributed by atoms with Crippen molar-refractivity contribution in [2.45, 2.75) is 13.2 Å². The first-order valence-electron chi connectivity index (χ1n) is 5.08. The van der Waals surface area contributed by atoms with Crippen LogP contribution in [0, 0.1) is 0 Å². The summed E-state index contributed by atoms with van der Waals surface area (Å²) >= 11 is 0. The second-order valence-corrected chi connectivity index (χ2v) is 3.70. The summed E-state index contributed by atoms with van der Waals surface area (Å²) in [5.74, 6) is 0. The number of rotatable bonds is 2. The number of aromatic nitrogens is 2. The molecule has 1 aromatic carbocycles. The summed E-state index contributed by atoms with van der Waals surface area (Å²) in [5, 5.41) is 4.29. The minimum atomic E-state index is 0.558. The van der Waals surface area contributed by atoms with Crippen molar-refractivity contribution < 1.29 is 9.53 Å². The number of ether oxygens (including phenoxy) is 1. The fourth-order valence-corrected chi connectivity index (χ4v) is 1.93. The number of aldehydes is 1. The Hall–Kier alpha value is -1.94. The van der Waals surface area contributed by atoms with Gasteiger partial charge in [-0.3, -0.25) is 4.79 Å². The van der Waals surface area contributed by atoms with E-state index in [4.69, 9.17) is 4.74 Å². The average molecular weight is 214 g/mol. The van der Waals surface area contributed by atoms with Crippen molar-refractivity contribution in [3.8, 4) is 5.69 Å². The maximum absolute atomic E-state index is 11.0. The molecular formula is C12H10N2O2. The third-order valence-corrected chi connectivity index (χ3v) is 2.74. The number of carbonyl (C=O) groups excluding carboxylic acids is 1. The Morgan fingerprint density at radius 1 is 1.31 bits per heavy atom. The van der Waals surface area contributed by atoms with E-state index < -0.39 is 0 Å². The number of nitrogens with zero attached hydrogens (tertiary/aromatic N) is 2. The van der Waals surface area contributed by atoms with Crippen LogP contribution in [0.5, 0.6) is 0 Å². The van der Waals surface area contributed by atoms with Crippen LogP contribution in [-0.4, -0.2) is 16.1 Å². The third kappa shape index (κ3) is 1.27. The summed E-state index contributed by atoms with van der Waals surface area (Å²) in [6.45, 7) is 1.17. The standard InChI is InChI=1S/C12H10N2O2/c15-6-9-3-1-2-4-11(9)14-12-8-16-7-10(12)5-13-14/h1-6H,7-8H2. The maximum atomic E-state index is 11.0. The molecule has 2 heterocycles. The van der Waals surface area contributed by atoms with E-state index in [-0.39, 0.29) is 0 Å². The SMILES string of the molecule is O=Cc1ccccc1-n1ncc2c1COC2. The predicted molar refractivity (Wildman–Crippen MR) is 57.4 cm³/mol. The lowest BCUT2D eigenvalue weighted by molar-refractivity contribution is 0.112. The first-order valence-corrected chi connectivity index (χ1v) is 5.08. The molecule has 0 bridgehead atoms. The fourth-order valence-electron chi connectivity index (χ4n) is 1.93. The summed E-state index contributed by atoms with van der Waals surface area (Å²) in [7, 11) is 0. The van der Waals surface area contributed by atoms with Crippen LogP contribution in [0.3, 0.4) is 0 Å². The first-order chi connectivity index (χ1) is 7.90. The molecule has 0 N–H and O–H groups in total. The smallest absolute Gasteiger partial charge is 0.152 e. The molecule has 4 heteroatoms. The van der Waals surface area contributed by atoms with Gasteiger partial charge in [0, 0.05) is 11.1 Å². The Balaban J connectivity index is 2.18. The van der Waals surface area contributed by atoms with Crippen molar-refractivity contribution in [3.05, 3.63) is 47.3 Å². The first kappa shape index (κ1) is 9.30. The number of fused-ring (bicyclic) bond motifs is 1. The van der Waals surface area contributed by atoms with Crippen LogP contribution in [0.4, 0.5) is 0 Å². The van der Waals surface area contributed by atoms with Gasteiger partial charge in [0.05, 0.1) is 30.8 Å². The van der Waals surface area contributed by atoms with Crippen LogP contribution < -0.4 is 0 Å². The molecule has 1 aliphatic heterocycles. The largest absolute Gasteiger partial charge is 0.370 e. The quantitative estimate of drug-likeness (QED) is 0.715. The zero-order chi connectivity index (χ0) is 11.0. The van der Waals surface area contributed by atoms with Crippen molar-refractivity contribution in [1.29, 1.82) is 0 Å². The molecule has 0 fully saturated rings. The van der Waals surface area contributed by atoms with E-state index in [0.717, 1.165) is 23.2 Å². The van der Waals surface area contributed by atoms with Crippen LogP contribution in [0.15, 0.2) is 30.5 Å². The van der Waals surface area contributed by atoms with Gasteiger partial charge in [-0.1, -0.05) is 12.1 Å². The van der Waals surface area contributed by atoms with E-state index in [1.807, 2.05) is 18.2 Å². The van der Waals surface area contributed by atoms with Gasteiger partial charge < -0.3 is 4.74 Å². The van der Waals surface area contributed by atoms with Crippen molar-refractivity contribution in [3.63, 3.8) is 0 Å². The highest BCUT2D eigenvalue weighted by Gasteiger charge is 2.19. The second-order valence-electron chi connectivity index (χ2n) is 3.70. The van der Waals surface area contributed by atoms with Crippen LogP contribution in [-0.2, 0) is 18.0 Å². The molecule has 0 amide bonds. The molecule has 0 saturated carbocycles. The van der Waals surface area contributed by atoms with Gasteiger partial charge in [-0.15, -0.1) is 0 Å². The molecule has 3 rings (SSSR count). The molecule has 2 aromatic rings. The normalized spacial score (nSPS) is 13.8. The summed E-state index contributed by atoms with van der Waals surface area (Å²) < 4.78 is 7.13. The van der Waals surface area contributed by atoms with Gasteiger partial charge in [0.1, 0.15) is 0 Å². The van der Waals surface area contributed by atoms with Crippen LogP contribution in [0.2, 0.25) is 0 Å². The zero-order valence-corrected chi connectivity index (χ0v) is 8.59.